The van der Waals surface area contributed by atoms with Crippen LogP contribution in [-0.2, 0) is 4.74 Å². The van der Waals surface area contributed by atoms with Crippen molar-refractivity contribution in [2.24, 2.45) is 0 Å². The number of likely N-dealkylation sites (N-methyl/N-ethyl adjacent to an activating group) is 1. The molecule has 1 atom stereocenters. The van der Waals surface area contributed by atoms with Crippen molar-refractivity contribution in [1.29, 1.82) is 0 Å². The molecule has 0 heterocycles. The first-order valence-corrected chi connectivity index (χ1v) is 7.28. The van der Waals surface area contributed by atoms with E-state index in [1.165, 1.54) is 22.3 Å². The first-order chi connectivity index (χ1) is 10.2. The molecule has 0 saturated carbocycles. The van der Waals surface area contributed by atoms with Crippen molar-refractivity contribution in [1.82, 2.24) is 4.90 Å². The van der Waals surface area contributed by atoms with Gasteiger partial charge in [-0.25, -0.2) is 0 Å². The fourth-order valence-corrected chi connectivity index (χ4v) is 3.29. The summed E-state index contributed by atoms with van der Waals surface area (Å²) in [5.74, 6) is 0. The van der Waals surface area contributed by atoms with Crippen LogP contribution in [0.3, 0.4) is 0 Å². The summed E-state index contributed by atoms with van der Waals surface area (Å²) >= 11 is 0. The molecular weight excluding hydrogens is 262 g/mol. The van der Waals surface area contributed by atoms with E-state index >= 15 is 0 Å². The summed E-state index contributed by atoms with van der Waals surface area (Å²) < 4.78 is 5.03. The summed E-state index contributed by atoms with van der Waals surface area (Å²) in [6, 6.07) is 17.2. The van der Waals surface area contributed by atoms with Crippen LogP contribution < -0.4 is 0 Å². The predicted molar refractivity (Wildman–Crippen MR) is 84.2 cm³/mol. The number of nitrogens with zero attached hydrogens (tertiary/aromatic N) is 1. The zero-order chi connectivity index (χ0) is 14.8. The van der Waals surface area contributed by atoms with Crippen LogP contribution in [-0.4, -0.2) is 43.4 Å². The monoisotopic (exact) mass is 283 g/mol. The number of aliphatic hydroxyl groups is 1. The molecule has 110 valence electrons. The largest absolute Gasteiger partial charge is 0.389 e. The Hall–Kier alpha value is -1.68. The second-order valence-electron chi connectivity index (χ2n) is 5.63. The fourth-order valence-electron chi connectivity index (χ4n) is 3.29. The lowest BCUT2D eigenvalue weighted by atomic mass is 10.0. The van der Waals surface area contributed by atoms with E-state index in [0.29, 0.717) is 13.2 Å². The van der Waals surface area contributed by atoms with Crippen molar-refractivity contribution in [2.75, 3.05) is 27.3 Å². The van der Waals surface area contributed by atoms with Gasteiger partial charge < -0.3 is 9.84 Å². The van der Waals surface area contributed by atoms with Crippen LogP contribution in [0.2, 0.25) is 0 Å². The number of hydrogen-bond acceptors (Lipinski definition) is 3. The van der Waals surface area contributed by atoms with E-state index in [2.05, 4.69) is 60.5 Å². The first kappa shape index (κ1) is 14.3. The second kappa shape index (κ2) is 5.98. The third-order valence-corrected chi connectivity index (χ3v) is 4.10. The Bertz CT molecular complexity index is 581. The standard InChI is InChI=1S/C18H21NO2/c1-19(11-13(20)12-21-2)18-16-9-5-3-7-14(16)15-8-4-6-10-17(15)18/h3-10,13,18,20H,11-12H2,1-2H3. The van der Waals surface area contributed by atoms with Crippen LogP contribution in [0.25, 0.3) is 11.1 Å². The molecule has 3 heteroatoms. The Morgan fingerprint density at radius 1 is 1.05 bits per heavy atom. The lowest BCUT2D eigenvalue weighted by Gasteiger charge is -2.28. The number of aliphatic hydroxyl groups excluding tert-OH is 1. The number of rotatable bonds is 5. The molecule has 2 aromatic rings. The van der Waals surface area contributed by atoms with Crippen LogP contribution in [0.5, 0.6) is 0 Å². The molecule has 3 rings (SSSR count). The third kappa shape index (κ3) is 2.60. The van der Waals surface area contributed by atoms with Gasteiger partial charge in [-0.3, -0.25) is 4.90 Å². The van der Waals surface area contributed by atoms with E-state index in [0.717, 1.165) is 0 Å². The fraction of sp³-hybridized carbons (Fsp3) is 0.333. The lowest BCUT2D eigenvalue weighted by Crippen LogP contribution is -2.34. The van der Waals surface area contributed by atoms with E-state index < -0.39 is 6.10 Å². The number of ether oxygens (including phenoxy) is 1. The predicted octanol–water partition coefficient (Wildman–Crippen LogP) is 2.70. The lowest BCUT2D eigenvalue weighted by molar-refractivity contribution is 0.0379. The highest BCUT2D eigenvalue weighted by Crippen LogP contribution is 2.45. The van der Waals surface area contributed by atoms with E-state index in [4.69, 9.17) is 4.74 Å². The summed E-state index contributed by atoms with van der Waals surface area (Å²) in [6.07, 6.45) is -0.472. The van der Waals surface area contributed by atoms with Crippen LogP contribution in [0.15, 0.2) is 48.5 Å². The zero-order valence-corrected chi connectivity index (χ0v) is 12.5. The maximum absolute atomic E-state index is 10.0. The molecule has 1 aliphatic carbocycles. The van der Waals surface area contributed by atoms with Crippen molar-refractivity contribution in [3.63, 3.8) is 0 Å². The first-order valence-electron chi connectivity index (χ1n) is 7.28. The Morgan fingerprint density at radius 3 is 2.10 bits per heavy atom. The molecule has 1 aliphatic rings. The average molecular weight is 283 g/mol. The quantitative estimate of drug-likeness (QED) is 0.916. The van der Waals surface area contributed by atoms with Crippen molar-refractivity contribution in [2.45, 2.75) is 12.1 Å². The molecule has 0 aliphatic heterocycles. The molecule has 1 N–H and O–H groups in total. The normalized spacial score (nSPS) is 15.0. The van der Waals surface area contributed by atoms with Gasteiger partial charge in [0.2, 0.25) is 0 Å². The van der Waals surface area contributed by atoms with E-state index in [1.807, 2.05) is 0 Å². The number of fused-ring (bicyclic) bond motifs is 3. The number of methoxy groups -OCH3 is 1. The Labute approximate surface area is 125 Å². The molecule has 3 nitrogen and oxygen atoms in total. The minimum absolute atomic E-state index is 0.198. The van der Waals surface area contributed by atoms with Crippen molar-refractivity contribution in [3.05, 3.63) is 59.7 Å². The molecule has 0 spiro atoms. The molecule has 0 bridgehead atoms. The molecule has 0 fully saturated rings. The van der Waals surface area contributed by atoms with Crippen LogP contribution >= 0.6 is 0 Å². The van der Waals surface area contributed by atoms with Crippen LogP contribution in [0, 0.1) is 0 Å². The SMILES string of the molecule is COCC(O)CN(C)C1c2ccccc2-c2ccccc21. The number of benzene rings is 2. The van der Waals surface area contributed by atoms with Gasteiger partial charge in [-0.1, -0.05) is 48.5 Å². The highest BCUT2D eigenvalue weighted by Gasteiger charge is 2.31. The maximum Gasteiger partial charge on any atom is 0.0900 e. The van der Waals surface area contributed by atoms with E-state index in [9.17, 15) is 5.11 Å². The summed E-state index contributed by atoms with van der Waals surface area (Å²) in [5.41, 5.74) is 5.22. The van der Waals surface area contributed by atoms with Crippen molar-refractivity contribution in [3.8, 4) is 11.1 Å². The Kier molecular flexibility index (Phi) is 4.06. The van der Waals surface area contributed by atoms with Gasteiger partial charge in [0.05, 0.1) is 18.8 Å². The highest BCUT2D eigenvalue weighted by atomic mass is 16.5. The van der Waals surface area contributed by atoms with Crippen molar-refractivity contribution < 1.29 is 9.84 Å². The minimum atomic E-state index is -0.472. The van der Waals surface area contributed by atoms with Crippen LogP contribution in [0.1, 0.15) is 17.2 Å². The van der Waals surface area contributed by atoms with Gasteiger partial charge in [0.25, 0.3) is 0 Å². The van der Waals surface area contributed by atoms with Crippen LogP contribution in [0.4, 0.5) is 0 Å². The average Bonchev–Trinajstić information content (AvgIpc) is 2.82. The number of hydrogen-bond donors (Lipinski definition) is 1. The summed E-state index contributed by atoms with van der Waals surface area (Å²) in [7, 11) is 3.67. The molecule has 0 amide bonds. The molecule has 21 heavy (non-hydrogen) atoms. The second-order valence-corrected chi connectivity index (χ2v) is 5.63. The Morgan fingerprint density at radius 2 is 1.57 bits per heavy atom. The molecule has 1 unspecified atom stereocenters. The minimum Gasteiger partial charge on any atom is -0.389 e. The van der Waals surface area contributed by atoms with Gasteiger partial charge in [-0.2, -0.15) is 0 Å². The van der Waals surface area contributed by atoms with Gasteiger partial charge >= 0.3 is 0 Å². The maximum atomic E-state index is 10.0. The molecular formula is C18H21NO2. The molecule has 0 saturated heterocycles. The summed E-state index contributed by atoms with van der Waals surface area (Å²) in [6.45, 7) is 0.946. The van der Waals surface area contributed by atoms with E-state index in [-0.39, 0.29) is 6.04 Å². The van der Waals surface area contributed by atoms with Gasteiger partial charge in [0.1, 0.15) is 0 Å². The van der Waals surface area contributed by atoms with Crippen molar-refractivity contribution >= 4 is 0 Å². The third-order valence-electron chi connectivity index (χ3n) is 4.10. The zero-order valence-electron chi connectivity index (χ0n) is 12.5. The molecule has 2 aromatic carbocycles. The summed E-state index contributed by atoms with van der Waals surface area (Å²) in [4.78, 5) is 2.20. The smallest absolute Gasteiger partial charge is 0.0900 e. The van der Waals surface area contributed by atoms with Gasteiger partial charge in [0, 0.05) is 13.7 Å². The molecule has 0 radical (unpaired) electrons. The van der Waals surface area contributed by atoms with Gasteiger partial charge in [0.15, 0.2) is 0 Å². The molecule has 0 aromatic heterocycles. The summed E-state index contributed by atoms with van der Waals surface area (Å²) in [5, 5.41) is 10.0. The highest BCUT2D eigenvalue weighted by molar-refractivity contribution is 5.78. The van der Waals surface area contributed by atoms with Gasteiger partial charge in [-0.05, 0) is 29.3 Å². The topological polar surface area (TPSA) is 32.7 Å². The van der Waals surface area contributed by atoms with E-state index in [1.54, 1.807) is 7.11 Å². The Balaban J connectivity index is 1.95. The van der Waals surface area contributed by atoms with Gasteiger partial charge in [-0.15, -0.1) is 0 Å².